The molecular weight excluding hydrogens is 354 g/mol. The molecule has 0 saturated heterocycles. The van der Waals surface area contributed by atoms with Crippen LogP contribution in [-0.4, -0.2) is 48.5 Å². The van der Waals surface area contributed by atoms with Crippen molar-refractivity contribution in [2.45, 2.75) is 45.4 Å². The van der Waals surface area contributed by atoms with Crippen molar-refractivity contribution in [3.05, 3.63) is 35.9 Å². The van der Waals surface area contributed by atoms with E-state index < -0.39 is 35.6 Å². The zero-order valence-electron chi connectivity index (χ0n) is 16.1. The number of ether oxygens (including phenoxy) is 3. The lowest BCUT2D eigenvalue weighted by atomic mass is 9.96. The average Bonchev–Trinajstić information content (AvgIpc) is 2.61. The Morgan fingerprint density at radius 3 is 2.26 bits per heavy atom. The van der Waals surface area contributed by atoms with Crippen molar-refractivity contribution in [2.75, 3.05) is 13.7 Å². The number of rotatable bonds is 8. The molecule has 2 atom stereocenters. The Morgan fingerprint density at radius 1 is 1.11 bits per heavy atom. The molecule has 0 spiro atoms. The van der Waals surface area contributed by atoms with E-state index in [1.807, 2.05) is 6.07 Å². The van der Waals surface area contributed by atoms with Crippen LogP contribution in [-0.2, 0) is 30.4 Å². The summed E-state index contributed by atoms with van der Waals surface area (Å²) in [5, 5.41) is 11.6. The minimum atomic E-state index is -1.36. The SMILES string of the molecule is COC(=O)[C@@H](CCO)[C@H](NC(=O)OC(C)(C)C)C(=O)OCc1ccccc1. The van der Waals surface area contributed by atoms with Gasteiger partial charge in [-0.3, -0.25) is 4.79 Å². The molecule has 0 saturated carbocycles. The van der Waals surface area contributed by atoms with Gasteiger partial charge in [-0.1, -0.05) is 30.3 Å². The third kappa shape index (κ3) is 8.08. The maximum Gasteiger partial charge on any atom is 0.408 e. The molecule has 0 aliphatic carbocycles. The number of methoxy groups -OCH3 is 1. The Kier molecular flexibility index (Phi) is 8.74. The molecule has 27 heavy (non-hydrogen) atoms. The summed E-state index contributed by atoms with van der Waals surface area (Å²) in [4.78, 5) is 36.7. The Hall–Kier alpha value is -2.61. The van der Waals surface area contributed by atoms with Crippen molar-refractivity contribution in [2.24, 2.45) is 5.92 Å². The molecule has 1 aromatic rings. The van der Waals surface area contributed by atoms with Crippen LogP contribution in [0.15, 0.2) is 30.3 Å². The fourth-order valence-electron chi connectivity index (χ4n) is 2.29. The third-order valence-electron chi connectivity index (χ3n) is 3.50. The Balaban J connectivity index is 2.94. The van der Waals surface area contributed by atoms with Crippen molar-refractivity contribution >= 4 is 18.0 Å². The first-order valence-corrected chi connectivity index (χ1v) is 8.56. The smallest absolute Gasteiger partial charge is 0.408 e. The number of benzene rings is 1. The summed E-state index contributed by atoms with van der Waals surface area (Å²) in [5.74, 6) is -2.69. The highest BCUT2D eigenvalue weighted by atomic mass is 16.6. The zero-order chi connectivity index (χ0) is 20.4. The molecule has 0 aliphatic heterocycles. The molecular formula is C19H27NO7. The second-order valence-electron chi connectivity index (χ2n) is 6.86. The number of hydrogen-bond acceptors (Lipinski definition) is 7. The van der Waals surface area contributed by atoms with Gasteiger partial charge in [0.15, 0.2) is 0 Å². The molecule has 1 amide bonds. The minimum Gasteiger partial charge on any atom is -0.469 e. The molecule has 8 nitrogen and oxygen atoms in total. The molecule has 0 heterocycles. The van der Waals surface area contributed by atoms with E-state index in [0.717, 1.165) is 12.7 Å². The first-order valence-electron chi connectivity index (χ1n) is 8.56. The minimum absolute atomic E-state index is 0.0286. The summed E-state index contributed by atoms with van der Waals surface area (Å²) >= 11 is 0. The van der Waals surface area contributed by atoms with Crippen LogP contribution < -0.4 is 5.32 Å². The van der Waals surface area contributed by atoms with Gasteiger partial charge in [-0.2, -0.15) is 0 Å². The van der Waals surface area contributed by atoms with Gasteiger partial charge in [0.25, 0.3) is 0 Å². The van der Waals surface area contributed by atoms with Crippen LogP contribution in [0.3, 0.4) is 0 Å². The zero-order valence-corrected chi connectivity index (χ0v) is 16.1. The van der Waals surface area contributed by atoms with E-state index in [4.69, 9.17) is 14.2 Å². The number of amides is 1. The molecule has 0 aromatic heterocycles. The first kappa shape index (κ1) is 22.4. The average molecular weight is 381 g/mol. The molecule has 0 bridgehead atoms. The van der Waals surface area contributed by atoms with Crippen LogP contribution in [0.1, 0.15) is 32.8 Å². The van der Waals surface area contributed by atoms with Gasteiger partial charge in [0, 0.05) is 6.61 Å². The Labute approximate surface area is 158 Å². The van der Waals surface area contributed by atoms with Gasteiger partial charge in [-0.15, -0.1) is 0 Å². The number of aliphatic hydroxyl groups is 1. The van der Waals surface area contributed by atoms with E-state index in [1.165, 1.54) is 0 Å². The molecule has 1 aromatic carbocycles. The molecule has 0 aliphatic rings. The van der Waals surface area contributed by atoms with Crippen molar-refractivity contribution in [3.8, 4) is 0 Å². The van der Waals surface area contributed by atoms with E-state index in [2.05, 4.69) is 5.32 Å². The highest BCUT2D eigenvalue weighted by molar-refractivity contribution is 5.87. The van der Waals surface area contributed by atoms with Gasteiger partial charge in [0.05, 0.1) is 13.0 Å². The van der Waals surface area contributed by atoms with Gasteiger partial charge < -0.3 is 24.6 Å². The molecule has 0 radical (unpaired) electrons. The number of carbonyl (C=O) groups is 3. The molecule has 0 unspecified atom stereocenters. The van der Waals surface area contributed by atoms with Crippen LogP contribution in [0.2, 0.25) is 0 Å². The normalized spacial score (nSPS) is 13.2. The Morgan fingerprint density at radius 2 is 1.74 bits per heavy atom. The number of esters is 2. The fourth-order valence-corrected chi connectivity index (χ4v) is 2.29. The number of carbonyl (C=O) groups excluding carboxylic acids is 3. The highest BCUT2D eigenvalue weighted by Crippen LogP contribution is 2.16. The molecule has 150 valence electrons. The summed E-state index contributed by atoms with van der Waals surface area (Å²) in [6, 6.07) is 7.60. The quantitative estimate of drug-likeness (QED) is 0.522. The second kappa shape index (κ2) is 10.5. The predicted octanol–water partition coefficient (Wildman–Crippen LogP) is 1.79. The van der Waals surface area contributed by atoms with E-state index in [1.54, 1.807) is 45.0 Å². The molecule has 2 N–H and O–H groups in total. The van der Waals surface area contributed by atoms with Crippen LogP contribution in [0.4, 0.5) is 4.79 Å². The van der Waals surface area contributed by atoms with Crippen molar-refractivity contribution < 1.29 is 33.7 Å². The van der Waals surface area contributed by atoms with E-state index >= 15 is 0 Å². The van der Waals surface area contributed by atoms with Crippen molar-refractivity contribution in [3.63, 3.8) is 0 Å². The lowest BCUT2D eigenvalue weighted by molar-refractivity contribution is -0.157. The first-order chi connectivity index (χ1) is 12.7. The Bertz CT molecular complexity index is 625. The largest absolute Gasteiger partial charge is 0.469 e. The van der Waals surface area contributed by atoms with E-state index in [9.17, 15) is 19.5 Å². The molecule has 0 fully saturated rings. The van der Waals surface area contributed by atoms with Gasteiger partial charge >= 0.3 is 18.0 Å². The maximum atomic E-state index is 12.6. The van der Waals surface area contributed by atoms with Crippen molar-refractivity contribution in [1.82, 2.24) is 5.32 Å². The summed E-state index contributed by atoms with van der Waals surface area (Å²) in [6.45, 7) is 4.60. The van der Waals surface area contributed by atoms with Crippen molar-refractivity contribution in [1.29, 1.82) is 0 Å². The van der Waals surface area contributed by atoms with Gasteiger partial charge in [0.2, 0.25) is 0 Å². The lowest BCUT2D eigenvalue weighted by Crippen LogP contribution is -2.51. The standard InChI is InChI=1S/C19H27NO7/c1-19(2,3)27-18(24)20-15(14(10-11-21)16(22)25-4)17(23)26-12-13-8-6-5-7-9-13/h5-9,14-15,21H,10-12H2,1-4H3,(H,20,24)/t14-,15-/m0/s1. The van der Waals surface area contributed by atoms with Crippen LogP contribution in [0.25, 0.3) is 0 Å². The molecule has 8 heteroatoms. The van der Waals surface area contributed by atoms with Gasteiger partial charge in [-0.05, 0) is 32.8 Å². The highest BCUT2D eigenvalue weighted by Gasteiger charge is 2.37. The fraction of sp³-hybridized carbons (Fsp3) is 0.526. The number of hydrogen-bond donors (Lipinski definition) is 2. The number of nitrogens with one attached hydrogen (secondary N) is 1. The summed E-state index contributed by atoms with van der Waals surface area (Å²) in [6.07, 6.45) is -0.968. The van der Waals surface area contributed by atoms with Crippen LogP contribution in [0, 0.1) is 5.92 Å². The summed E-state index contributed by atoms with van der Waals surface area (Å²) in [5.41, 5.74) is -0.0426. The van der Waals surface area contributed by atoms with Crippen LogP contribution >= 0.6 is 0 Å². The summed E-state index contributed by atoms with van der Waals surface area (Å²) in [7, 11) is 1.16. The van der Waals surface area contributed by atoms with E-state index in [-0.39, 0.29) is 19.6 Å². The third-order valence-corrected chi connectivity index (χ3v) is 3.50. The summed E-state index contributed by atoms with van der Waals surface area (Å²) < 4.78 is 15.1. The van der Waals surface area contributed by atoms with E-state index in [0.29, 0.717) is 0 Å². The topological polar surface area (TPSA) is 111 Å². The second-order valence-corrected chi connectivity index (χ2v) is 6.86. The lowest BCUT2D eigenvalue weighted by Gasteiger charge is -2.26. The number of aliphatic hydroxyl groups excluding tert-OH is 1. The van der Waals surface area contributed by atoms with Gasteiger partial charge in [-0.25, -0.2) is 9.59 Å². The maximum absolute atomic E-state index is 12.6. The monoisotopic (exact) mass is 381 g/mol. The van der Waals surface area contributed by atoms with Crippen LogP contribution in [0.5, 0.6) is 0 Å². The predicted molar refractivity (Wildman–Crippen MR) is 96.6 cm³/mol. The van der Waals surface area contributed by atoms with Gasteiger partial charge in [0.1, 0.15) is 18.2 Å². The molecule has 1 rings (SSSR count). The number of alkyl carbamates (subject to hydrolysis) is 1.